The summed E-state index contributed by atoms with van der Waals surface area (Å²) < 4.78 is 0. The summed E-state index contributed by atoms with van der Waals surface area (Å²) in [6.45, 7) is 0.335. The highest BCUT2D eigenvalue weighted by Gasteiger charge is 2.24. The third-order valence-electron chi connectivity index (χ3n) is 1.98. The Hall–Kier alpha value is -0.930. The quantitative estimate of drug-likeness (QED) is 0.485. The number of carbonyl (C=O) groups is 1. The van der Waals surface area contributed by atoms with Gasteiger partial charge < -0.3 is 0 Å². The molecule has 0 spiro atoms. The number of nitrogens with zero attached hydrogens (tertiary/aromatic N) is 2. The van der Waals surface area contributed by atoms with Crippen LogP contribution in [0.15, 0.2) is 10.3 Å². The molecule has 1 N–H and O–H groups in total. The first-order chi connectivity index (χ1) is 5.34. The van der Waals surface area contributed by atoms with Crippen LogP contribution in [0.25, 0.3) is 0 Å². The van der Waals surface area contributed by atoms with E-state index in [1.807, 2.05) is 0 Å². The van der Waals surface area contributed by atoms with Crippen LogP contribution in [-0.2, 0) is 4.79 Å². The number of nitrogens with one attached hydrogen (secondary N) is 1. The first-order valence-electron chi connectivity index (χ1n) is 3.89. The maximum atomic E-state index is 11.1. The molecule has 0 aromatic carbocycles. The van der Waals surface area contributed by atoms with Crippen molar-refractivity contribution in [3.63, 3.8) is 0 Å². The van der Waals surface area contributed by atoms with Gasteiger partial charge in [0.15, 0.2) is 5.78 Å². The van der Waals surface area contributed by atoms with Crippen molar-refractivity contribution in [3.05, 3.63) is 0 Å². The van der Waals surface area contributed by atoms with E-state index in [0.717, 1.165) is 12.8 Å². The number of ketones is 1. The second-order valence-electron chi connectivity index (χ2n) is 2.73. The Morgan fingerprint density at radius 2 is 2.36 bits per heavy atom. The zero-order valence-corrected chi connectivity index (χ0v) is 6.71. The lowest BCUT2D eigenvalue weighted by Gasteiger charge is -2.23. The highest BCUT2D eigenvalue weighted by Crippen LogP contribution is 2.26. The molecular weight excluding hydrogens is 142 g/mol. The summed E-state index contributed by atoms with van der Waals surface area (Å²) >= 11 is 0. The Bertz CT molecular complexity index is 163. The molecular formula is C7H13N3O. The Balaban J connectivity index is 2.10. The van der Waals surface area contributed by atoms with Crippen molar-refractivity contribution in [2.24, 2.45) is 16.3 Å². The normalized spacial score (nSPS) is 18.3. The molecule has 1 fully saturated rings. The number of Topliss-reactive ketones (excluding diaryl/α,β-unsaturated/α-hetero) is 1. The predicted molar refractivity (Wildman–Crippen MR) is 41.1 cm³/mol. The van der Waals surface area contributed by atoms with Crippen molar-refractivity contribution in [2.45, 2.75) is 19.3 Å². The van der Waals surface area contributed by atoms with Crippen molar-refractivity contribution in [1.82, 2.24) is 5.43 Å². The van der Waals surface area contributed by atoms with E-state index >= 15 is 0 Å². The predicted octanol–water partition coefficient (Wildman–Crippen LogP) is 0.942. The third-order valence-corrected chi connectivity index (χ3v) is 1.98. The van der Waals surface area contributed by atoms with Gasteiger partial charge in [0.05, 0.1) is 13.6 Å². The summed E-state index contributed by atoms with van der Waals surface area (Å²) in [7, 11) is 1.57. The largest absolute Gasteiger partial charge is 0.297 e. The minimum atomic E-state index is 0.267. The van der Waals surface area contributed by atoms with Gasteiger partial charge in [0, 0.05) is 5.92 Å². The molecule has 0 aromatic heterocycles. The molecule has 0 unspecified atom stereocenters. The maximum absolute atomic E-state index is 11.1. The Morgan fingerprint density at radius 1 is 1.64 bits per heavy atom. The zero-order chi connectivity index (χ0) is 8.10. The van der Waals surface area contributed by atoms with Crippen molar-refractivity contribution in [3.8, 4) is 0 Å². The first-order valence-corrected chi connectivity index (χ1v) is 3.89. The van der Waals surface area contributed by atoms with Crippen molar-refractivity contribution >= 4 is 5.78 Å². The van der Waals surface area contributed by atoms with Gasteiger partial charge >= 0.3 is 0 Å². The van der Waals surface area contributed by atoms with E-state index < -0.39 is 0 Å². The van der Waals surface area contributed by atoms with E-state index in [-0.39, 0.29) is 5.78 Å². The summed E-state index contributed by atoms with van der Waals surface area (Å²) in [5, 5.41) is 6.98. The van der Waals surface area contributed by atoms with Gasteiger partial charge in [-0.05, 0) is 12.8 Å². The molecule has 0 aromatic rings. The summed E-state index contributed by atoms with van der Waals surface area (Å²) in [6, 6.07) is 0. The summed E-state index contributed by atoms with van der Waals surface area (Å²) in [6.07, 6.45) is 3.32. The lowest BCUT2D eigenvalue weighted by molar-refractivity contribution is -0.124. The van der Waals surface area contributed by atoms with E-state index in [9.17, 15) is 4.79 Å². The van der Waals surface area contributed by atoms with E-state index in [2.05, 4.69) is 15.8 Å². The first kappa shape index (κ1) is 8.17. The monoisotopic (exact) mass is 155 g/mol. The number of carbonyl (C=O) groups excluding carboxylic acids is 1. The molecule has 62 valence electrons. The van der Waals surface area contributed by atoms with Crippen LogP contribution >= 0.6 is 0 Å². The average molecular weight is 155 g/mol. The molecule has 0 bridgehead atoms. The zero-order valence-electron chi connectivity index (χ0n) is 6.71. The molecule has 0 radical (unpaired) electrons. The van der Waals surface area contributed by atoms with Gasteiger partial charge in [-0.3, -0.25) is 10.2 Å². The number of hydrogen-bond acceptors (Lipinski definition) is 3. The van der Waals surface area contributed by atoms with E-state index in [1.54, 1.807) is 7.05 Å². The summed E-state index contributed by atoms with van der Waals surface area (Å²) in [4.78, 5) is 11.1. The van der Waals surface area contributed by atoms with Crippen LogP contribution in [0, 0.1) is 5.92 Å². The molecule has 4 nitrogen and oxygen atoms in total. The molecule has 0 heterocycles. The topological polar surface area (TPSA) is 53.8 Å². The average Bonchev–Trinajstić information content (AvgIpc) is 1.84. The van der Waals surface area contributed by atoms with E-state index in [4.69, 9.17) is 0 Å². The van der Waals surface area contributed by atoms with Crippen LogP contribution in [-0.4, -0.2) is 19.4 Å². The van der Waals surface area contributed by atoms with Gasteiger partial charge in [0.1, 0.15) is 0 Å². The molecule has 0 aliphatic heterocycles. The molecule has 11 heavy (non-hydrogen) atoms. The SMILES string of the molecule is CN=NNCC(=O)C1CCC1. The Morgan fingerprint density at radius 3 is 2.82 bits per heavy atom. The lowest BCUT2D eigenvalue weighted by atomic mass is 9.82. The smallest absolute Gasteiger partial charge is 0.156 e. The minimum absolute atomic E-state index is 0.267. The van der Waals surface area contributed by atoms with Crippen molar-refractivity contribution in [2.75, 3.05) is 13.6 Å². The van der Waals surface area contributed by atoms with Crippen LogP contribution in [0.4, 0.5) is 0 Å². The Labute approximate surface area is 66.1 Å². The lowest BCUT2D eigenvalue weighted by Crippen LogP contribution is -2.29. The molecule has 0 amide bonds. The van der Waals surface area contributed by atoms with Crippen LogP contribution in [0.2, 0.25) is 0 Å². The maximum Gasteiger partial charge on any atom is 0.156 e. The minimum Gasteiger partial charge on any atom is -0.297 e. The standard InChI is InChI=1S/C7H13N3O/c1-8-10-9-5-7(11)6-3-2-4-6/h6H,2-5H2,1H3,(H,8,9). The van der Waals surface area contributed by atoms with Crippen LogP contribution in [0.3, 0.4) is 0 Å². The van der Waals surface area contributed by atoms with E-state index in [1.165, 1.54) is 6.42 Å². The Kier molecular flexibility index (Phi) is 3.01. The molecule has 4 heteroatoms. The fourth-order valence-electron chi connectivity index (χ4n) is 1.06. The molecule has 1 rings (SSSR count). The molecule has 1 aliphatic rings. The molecule has 0 saturated heterocycles. The van der Waals surface area contributed by atoms with Gasteiger partial charge in [-0.25, -0.2) is 0 Å². The second-order valence-corrected chi connectivity index (χ2v) is 2.73. The van der Waals surface area contributed by atoms with Gasteiger partial charge in [-0.2, -0.15) is 5.11 Å². The van der Waals surface area contributed by atoms with E-state index in [0.29, 0.717) is 12.5 Å². The van der Waals surface area contributed by atoms with Crippen LogP contribution < -0.4 is 5.43 Å². The van der Waals surface area contributed by atoms with Crippen molar-refractivity contribution in [1.29, 1.82) is 0 Å². The van der Waals surface area contributed by atoms with Crippen molar-refractivity contribution < 1.29 is 4.79 Å². The van der Waals surface area contributed by atoms with Gasteiger partial charge in [-0.15, -0.1) is 0 Å². The van der Waals surface area contributed by atoms with Gasteiger partial charge in [-0.1, -0.05) is 11.6 Å². The molecule has 1 saturated carbocycles. The van der Waals surface area contributed by atoms with Crippen LogP contribution in [0.5, 0.6) is 0 Å². The summed E-state index contributed by atoms with van der Waals surface area (Å²) in [5.41, 5.74) is 2.59. The molecule has 1 aliphatic carbocycles. The van der Waals surface area contributed by atoms with Gasteiger partial charge in [0.2, 0.25) is 0 Å². The van der Waals surface area contributed by atoms with Crippen LogP contribution in [0.1, 0.15) is 19.3 Å². The number of hydrogen-bond donors (Lipinski definition) is 1. The number of rotatable bonds is 4. The second kappa shape index (κ2) is 4.05. The highest BCUT2D eigenvalue weighted by atomic mass is 16.1. The summed E-state index contributed by atoms with van der Waals surface area (Å²) in [5.74, 6) is 0.568. The highest BCUT2D eigenvalue weighted by molar-refractivity contribution is 5.83. The fraction of sp³-hybridized carbons (Fsp3) is 0.857. The third kappa shape index (κ3) is 2.29. The fourth-order valence-corrected chi connectivity index (χ4v) is 1.06. The molecule has 0 atom stereocenters. The van der Waals surface area contributed by atoms with Gasteiger partial charge in [0.25, 0.3) is 0 Å².